The van der Waals surface area contributed by atoms with Crippen LogP contribution in [0, 0.1) is 13.8 Å². The lowest BCUT2D eigenvalue weighted by Crippen LogP contribution is -2.33. The zero-order valence-corrected chi connectivity index (χ0v) is 20.1. The number of carbonyl (C=O) groups is 3. The van der Waals surface area contributed by atoms with Crippen molar-refractivity contribution in [2.45, 2.75) is 26.5 Å². The summed E-state index contributed by atoms with van der Waals surface area (Å²) in [4.78, 5) is 36.9. The number of ether oxygens (including phenoxy) is 3. The Hall–Kier alpha value is -3.78. The third-order valence-electron chi connectivity index (χ3n) is 5.69. The van der Waals surface area contributed by atoms with Gasteiger partial charge in [0.1, 0.15) is 13.2 Å². The van der Waals surface area contributed by atoms with E-state index in [9.17, 15) is 14.4 Å². The van der Waals surface area contributed by atoms with Crippen molar-refractivity contribution in [1.29, 1.82) is 0 Å². The maximum absolute atomic E-state index is 12.7. The van der Waals surface area contributed by atoms with Gasteiger partial charge < -0.3 is 24.1 Å². The Morgan fingerprint density at radius 1 is 1.09 bits per heavy atom. The molecule has 8 nitrogen and oxygen atoms in total. The lowest BCUT2D eigenvalue weighted by atomic mass is 10.1. The fourth-order valence-electron chi connectivity index (χ4n) is 3.85. The number of ketones is 1. The molecule has 0 bridgehead atoms. The smallest absolute Gasteiger partial charge is 0.325 e. The van der Waals surface area contributed by atoms with Gasteiger partial charge in [0.05, 0.1) is 6.54 Å². The summed E-state index contributed by atoms with van der Waals surface area (Å²) in [6.07, 6.45) is -0.209. The summed E-state index contributed by atoms with van der Waals surface area (Å²) in [5.74, 6) is -0.0666. The first-order valence-corrected chi connectivity index (χ1v) is 11.5. The van der Waals surface area contributed by atoms with Gasteiger partial charge in [0.25, 0.3) is 5.91 Å². The van der Waals surface area contributed by atoms with E-state index >= 15 is 0 Å². The van der Waals surface area contributed by atoms with E-state index in [2.05, 4.69) is 5.32 Å². The molecule has 182 valence electrons. The molecule has 1 aliphatic rings. The second-order valence-corrected chi connectivity index (χ2v) is 8.60. The average Bonchev–Trinajstić information content (AvgIpc) is 3.14. The highest BCUT2D eigenvalue weighted by molar-refractivity contribution is 6.30. The maximum atomic E-state index is 12.7. The minimum atomic E-state index is -0.708. The number of aromatic nitrogens is 1. The molecular formula is C26H25ClN2O6. The number of benzene rings is 2. The van der Waals surface area contributed by atoms with Crippen LogP contribution in [0.4, 0.5) is 0 Å². The Balaban J connectivity index is 1.29. The second-order valence-electron chi connectivity index (χ2n) is 8.17. The van der Waals surface area contributed by atoms with Gasteiger partial charge in [-0.3, -0.25) is 14.4 Å². The molecule has 0 radical (unpaired) electrons. The molecule has 9 heteroatoms. The van der Waals surface area contributed by atoms with Gasteiger partial charge in [-0.15, -0.1) is 0 Å². The lowest BCUT2D eigenvalue weighted by Gasteiger charge is -2.27. The first-order valence-electron chi connectivity index (χ1n) is 11.1. The van der Waals surface area contributed by atoms with Gasteiger partial charge in [0, 0.05) is 27.5 Å². The van der Waals surface area contributed by atoms with E-state index in [1.54, 1.807) is 30.3 Å². The number of Topliss-reactive ketones (excluding diaryl/α,β-unsaturated/α-hetero) is 1. The number of esters is 1. The molecular weight excluding hydrogens is 472 g/mol. The van der Waals surface area contributed by atoms with Crippen molar-refractivity contribution in [3.05, 3.63) is 82.1 Å². The molecule has 1 amide bonds. The molecule has 3 aromatic rings. The Labute approximate surface area is 207 Å². The quantitative estimate of drug-likeness (QED) is 0.377. The molecule has 0 fully saturated rings. The number of carbonyl (C=O) groups excluding carboxylic acids is 3. The van der Waals surface area contributed by atoms with E-state index in [1.165, 1.54) is 0 Å². The van der Waals surface area contributed by atoms with Gasteiger partial charge in [0.2, 0.25) is 5.78 Å². The van der Waals surface area contributed by atoms with Crippen LogP contribution in [0.1, 0.15) is 32.1 Å². The topological polar surface area (TPSA) is 95.9 Å². The summed E-state index contributed by atoms with van der Waals surface area (Å²) in [6, 6.07) is 15.5. The highest BCUT2D eigenvalue weighted by Crippen LogP contribution is 2.31. The number of nitrogens with zero attached hydrogens (tertiary/aromatic N) is 1. The van der Waals surface area contributed by atoms with Crippen LogP contribution in [0.5, 0.6) is 11.5 Å². The van der Waals surface area contributed by atoms with Crippen molar-refractivity contribution in [1.82, 2.24) is 9.88 Å². The van der Waals surface area contributed by atoms with E-state index < -0.39 is 18.5 Å². The van der Waals surface area contributed by atoms with Crippen LogP contribution in [0.25, 0.3) is 0 Å². The largest absolute Gasteiger partial charge is 0.486 e. The van der Waals surface area contributed by atoms with Gasteiger partial charge in [-0.05, 0) is 56.3 Å². The normalized spacial score (nSPS) is 14.3. The van der Waals surface area contributed by atoms with Crippen molar-refractivity contribution in [3.63, 3.8) is 0 Å². The molecule has 35 heavy (non-hydrogen) atoms. The van der Waals surface area contributed by atoms with Crippen LogP contribution >= 0.6 is 11.6 Å². The molecule has 1 unspecified atom stereocenters. The summed E-state index contributed by atoms with van der Waals surface area (Å²) < 4.78 is 18.9. The standard InChI is InChI=1S/C26H25ClN2O6/c1-16-11-21(17(2)29(16)13-20-14-33-23-5-3-4-6-24(23)35-20)22(30)15-34-25(31)12-28-26(32)18-7-9-19(27)10-8-18/h3-11,20H,12-15H2,1-2H3,(H,28,32). The van der Waals surface area contributed by atoms with Gasteiger partial charge in [-0.25, -0.2) is 0 Å². The van der Waals surface area contributed by atoms with E-state index in [4.69, 9.17) is 25.8 Å². The Kier molecular flexibility index (Phi) is 7.41. The first-order chi connectivity index (χ1) is 16.8. The molecule has 1 aliphatic heterocycles. The van der Waals surface area contributed by atoms with Crippen molar-refractivity contribution in [2.24, 2.45) is 0 Å². The lowest BCUT2D eigenvalue weighted by molar-refractivity contribution is -0.141. The molecule has 0 saturated carbocycles. The van der Waals surface area contributed by atoms with E-state index in [0.717, 1.165) is 11.4 Å². The molecule has 1 N–H and O–H groups in total. The van der Waals surface area contributed by atoms with E-state index in [0.29, 0.717) is 40.8 Å². The second kappa shape index (κ2) is 10.7. The minimum absolute atomic E-state index is 0.209. The van der Waals surface area contributed by atoms with Crippen molar-refractivity contribution < 1.29 is 28.6 Å². The van der Waals surface area contributed by atoms with Crippen LogP contribution in [-0.2, 0) is 16.1 Å². The van der Waals surface area contributed by atoms with Gasteiger partial charge in [0.15, 0.2) is 24.2 Å². The molecule has 2 aromatic carbocycles. The highest BCUT2D eigenvalue weighted by atomic mass is 35.5. The van der Waals surface area contributed by atoms with Crippen LogP contribution in [0.2, 0.25) is 5.02 Å². The van der Waals surface area contributed by atoms with Crippen molar-refractivity contribution in [2.75, 3.05) is 19.8 Å². The van der Waals surface area contributed by atoms with E-state index in [1.807, 2.05) is 42.7 Å². The highest BCUT2D eigenvalue weighted by Gasteiger charge is 2.24. The molecule has 0 aliphatic carbocycles. The Morgan fingerprint density at radius 3 is 2.54 bits per heavy atom. The zero-order chi connectivity index (χ0) is 24.9. The molecule has 0 saturated heterocycles. The van der Waals surface area contributed by atoms with Gasteiger partial charge in [-0.2, -0.15) is 0 Å². The summed E-state index contributed by atoms with van der Waals surface area (Å²) in [5, 5.41) is 2.96. The monoisotopic (exact) mass is 496 g/mol. The van der Waals surface area contributed by atoms with Crippen molar-refractivity contribution in [3.8, 4) is 11.5 Å². The fourth-order valence-corrected chi connectivity index (χ4v) is 3.98. The van der Waals surface area contributed by atoms with Gasteiger partial charge in [-0.1, -0.05) is 23.7 Å². The van der Waals surface area contributed by atoms with Crippen LogP contribution in [0.3, 0.4) is 0 Å². The van der Waals surface area contributed by atoms with Gasteiger partial charge >= 0.3 is 5.97 Å². The predicted molar refractivity (Wildman–Crippen MR) is 129 cm³/mol. The molecule has 4 rings (SSSR count). The number of aryl methyl sites for hydroxylation is 1. The first kappa shape index (κ1) is 24.3. The number of nitrogens with one attached hydrogen (secondary N) is 1. The van der Waals surface area contributed by atoms with Crippen molar-refractivity contribution >= 4 is 29.3 Å². The molecule has 1 atom stereocenters. The molecule has 0 spiro atoms. The van der Waals surface area contributed by atoms with Crippen LogP contribution in [0.15, 0.2) is 54.6 Å². The molecule has 2 heterocycles. The van der Waals surface area contributed by atoms with E-state index in [-0.39, 0.29) is 18.4 Å². The summed E-state index contributed by atoms with van der Waals surface area (Å²) in [7, 11) is 0. The number of halogens is 1. The van der Waals surface area contributed by atoms with Crippen LogP contribution in [-0.4, -0.2) is 48.1 Å². The summed E-state index contributed by atoms with van der Waals surface area (Å²) >= 11 is 5.80. The summed E-state index contributed by atoms with van der Waals surface area (Å²) in [5.41, 5.74) is 2.47. The Bertz CT molecular complexity index is 1250. The Morgan fingerprint density at radius 2 is 1.80 bits per heavy atom. The number of hydrogen-bond donors (Lipinski definition) is 1. The number of amides is 1. The third kappa shape index (κ3) is 5.84. The fraction of sp³-hybridized carbons (Fsp3) is 0.269. The predicted octanol–water partition coefficient (Wildman–Crippen LogP) is 3.75. The number of fused-ring (bicyclic) bond motifs is 1. The number of rotatable bonds is 8. The third-order valence-corrected chi connectivity index (χ3v) is 5.94. The zero-order valence-electron chi connectivity index (χ0n) is 19.4. The number of para-hydroxylation sites is 2. The number of hydrogen-bond acceptors (Lipinski definition) is 6. The molecule has 1 aromatic heterocycles. The van der Waals surface area contributed by atoms with Crippen LogP contribution < -0.4 is 14.8 Å². The SMILES string of the molecule is Cc1cc(C(=O)COC(=O)CNC(=O)c2ccc(Cl)cc2)c(C)n1CC1COc2ccccc2O1. The summed E-state index contributed by atoms with van der Waals surface area (Å²) in [6.45, 7) is 3.88. The maximum Gasteiger partial charge on any atom is 0.325 e. The minimum Gasteiger partial charge on any atom is -0.486 e. The average molecular weight is 497 g/mol.